The molecule has 0 atom stereocenters. The summed E-state index contributed by atoms with van der Waals surface area (Å²) in [6.07, 6.45) is 2.86. The Kier molecular flexibility index (Phi) is 3.86. The van der Waals surface area contributed by atoms with Gasteiger partial charge in [-0.25, -0.2) is 4.79 Å². The van der Waals surface area contributed by atoms with E-state index in [1.54, 1.807) is 6.92 Å². The first-order chi connectivity index (χ1) is 8.54. The minimum Gasteiger partial charge on any atom is -0.428 e. The molecule has 1 aromatic rings. The number of hydrogen-bond acceptors (Lipinski definition) is 4. The zero-order valence-corrected chi connectivity index (χ0v) is 10.7. The predicted molar refractivity (Wildman–Crippen MR) is 66.4 cm³/mol. The Morgan fingerprint density at radius 1 is 1.33 bits per heavy atom. The Hall–Kier alpha value is -1.56. The second kappa shape index (κ2) is 5.39. The first kappa shape index (κ1) is 12.9. The molecule has 1 aromatic heterocycles. The minimum atomic E-state index is -0.308. The van der Waals surface area contributed by atoms with E-state index >= 15 is 0 Å². The molecular weight excluding hydrogens is 234 g/mol. The van der Waals surface area contributed by atoms with Gasteiger partial charge in [0.05, 0.1) is 11.8 Å². The van der Waals surface area contributed by atoms with Gasteiger partial charge in [0.1, 0.15) is 5.76 Å². The summed E-state index contributed by atoms with van der Waals surface area (Å²) in [5, 5.41) is 14.8. The van der Waals surface area contributed by atoms with Crippen LogP contribution in [0.25, 0.3) is 0 Å². The zero-order chi connectivity index (χ0) is 13.1. The van der Waals surface area contributed by atoms with Gasteiger partial charge < -0.3 is 14.8 Å². The number of hydrogen-bond donors (Lipinski definition) is 3. The highest BCUT2D eigenvalue weighted by molar-refractivity contribution is 5.87. The topological polar surface area (TPSA) is 87.4 Å². The highest BCUT2D eigenvalue weighted by Crippen LogP contribution is 2.18. The van der Waals surface area contributed by atoms with E-state index in [-0.39, 0.29) is 24.2 Å². The maximum atomic E-state index is 11.7. The molecule has 6 heteroatoms. The van der Waals surface area contributed by atoms with Crippen molar-refractivity contribution >= 4 is 12.0 Å². The molecule has 1 aliphatic rings. The molecule has 0 aliphatic heterocycles. The monoisotopic (exact) mass is 253 g/mol. The molecule has 1 aliphatic carbocycles. The lowest BCUT2D eigenvalue weighted by Crippen LogP contribution is -2.40. The van der Waals surface area contributed by atoms with Crippen LogP contribution in [0.3, 0.4) is 0 Å². The van der Waals surface area contributed by atoms with Crippen molar-refractivity contribution in [1.29, 1.82) is 0 Å². The average Bonchev–Trinajstić information content (AvgIpc) is 2.61. The maximum Gasteiger partial charge on any atom is 0.323 e. The molecule has 0 aromatic carbocycles. The highest BCUT2D eigenvalue weighted by Gasteiger charge is 2.21. The van der Waals surface area contributed by atoms with E-state index in [2.05, 4.69) is 15.6 Å². The van der Waals surface area contributed by atoms with E-state index in [0.29, 0.717) is 5.76 Å². The number of aryl methyl sites for hydroxylation is 2. The summed E-state index contributed by atoms with van der Waals surface area (Å²) in [6, 6.07) is 0.0292. The van der Waals surface area contributed by atoms with Gasteiger partial charge in [-0.3, -0.25) is 5.32 Å². The average molecular weight is 253 g/mol. The first-order valence-corrected chi connectivity index (χ1v) is 6.24. The number of carbonyl (C=O) groups is 1. The third kappa shape index (κ3) is 3.22. The SMILES string of the molecule is Cc1nc(NC(=O)NC2CCC(O)CC2)oc1C. The Balaban J connectivity index is 1.81. The lowest BCUT2D eigenvalue weighted by molar-refractivity contribution is 0.118. The number of oxazole rings is 1. The van der Waals surface area contributed by atoms with E-state index < -0.39 is 0 Å². The molecule has 6 nitrogen and oxygen atoms in total. The van der Waals surface area contributed by atoms with Crippen LogP contribution in [0, 0.1) is 13.8 Å². The van der Waals surface area contributed by atoms with Gasteiger partial charge in [0.25, 0.3) is 0 Å². The molecule has 1 fully saturated rings. The van der Waals surface area contributed by atoms with E-state index in [9.17, 15) is 9.90 Å². The quantitative estimate of drug-likeness (QED) is 0.748. The third-order valence-electron chi connectivity index (χ3n) is 3.28. The number of aliphatic hydroxyl groups is 1. The number of carbonyl (C=O) groups excluding carboxylic acids is 1. The van der Waals surface area contributed by atoms with Gasteiger partial charge in [-0.05, 0) is 39.5 Å². The fourth-order valence-corrected chi connectivity index (χ4v) is 2.06. The number of urea groups is 1. The largest absolute Gasteiger partial charge is 0.428 e. The van der Waals surface area contributed by atoms with Crippen molar-refractivity contribution in [2.45, 2.75) is 51.7 Å². The molecule has 0 spiro atoms. The second-order valence-electron chi connectivity index (χ2n) is 4.76. The number of nitrogens with zero attached hydrogens (tertiary/aromatic N) is 1. The van der Waals surface area contributed by atoms with Gasteiger partial charge in [-0.2, -0.15) is 4.98 Å². The molecule has 18 heavy (non-hydrogen) atoms. The van der Waals surface area contributed by atoms with Crippen LogP contribution in [0.15, 0.2) is 4.42 Å². The van der Waals surface area contributed by atoms with Crippen LogP contribution in [0.1, 0.15) is 37.1 Å². The Bertz CT molecular complexity index is 403. The predicted octanol–water partition coefficient (Wildman–Crippen LogP) is 1.72. The Labute approximate surface area is 106 Å². The standard InChI is InChI=1S/C12H19N3O3/c1-7-8(2)18-12(13-7)15-11(17)14-9-3-5-10(16)6-4-9/h9-10,16H,3-6H2,1-2H3,(H2,13,14,15,17). The third-order valence-corrected chi connectivity index (χ3v) is 3.28. The van der Waals surface area contributed by atoms with Gasteiger partial charge in [0.2, 0.25) is 0 Å². The lowest BCUT2D eigenvalue weighted by Gasteiger charge is -2.25. The molecule has 3 N–H and O–H groups in total. The van der Waals surface area contributed by atoms with Crippen molar-refractivity contribution in [3.63, 3.8) is 0 Å². The number of rotatable bonds is 2. The van der Waals surface area contributed by atoms with Crippen molar-refractivity contribution < 1.29 is 14.3 Å². The molecular formula is C12H19N3O3. The molecule has 2 amide bonds. The number of amides is 2. The summed E-state index contributed by atoms with van der Waals surface area (Å²) in [7, 11) is 0. The summed E-state index contributed by atoms with van der Waals surface area (Å²) in [4.78, 5) is 15.8. The van der Waals surface area contributed by atoms with Gasteiger partial charge in [-0.15, -0.1) is 0 Å². The maximum absolute atomic E-state index is 11.7. The minimum absolute atomic E-state index is 0.116. The first-order valence-electron chi connectivity index (χ1n) is 6.24. The van der Waals surface area contributed by atoms with Crippen LogP contribution in [0.2, 0.25) is 0 Å². The molecule has 1 saturated carbocycles. The van der Waals surface area contributed by atoms with Crippen molar-refractivity contribution in [2.75, 3.05) is 5.32 Å². The van der Waals surface area contributed by atoms with E-state index in [1.807, 2.05) is 6.92 Å². The Morgan fingerprint density at radius 2 is 2.00 bits per heavy atom. The van der Waals surface area contributed by atoms with Gasteiger partial charge in [-0.1, -0.05) is 0 Å². The molecule has 1 heterocycles. The second-order valence-corrected chi connectivity index (χ2v) is 4.76. The number of aliphatic hydroxyl groups excluding tert-OH is 1. The van der Waals surface area contributed by atoms with Crippen molar-refractivity contribution in [1.82, 2.24) is 10.3 Å². The van der Waals surface area contributed by atoms with Crippen LogP contribution in [-0.2, 0) is 0 Å². The molecule has 2 rings (SSSR count). The highest BCUT2D eigenvalue weighted by atomic mass is 16.4. The van der Waals surface area contributed by atoms with Crippen LogP contribution >= 0.6 is 0 Å². The molecule has 0 bridgehead atoms. The Morgan fingerprint density at radius 3 is 2.56 bits per heavy atom. The van der Waals surface area contributed by atoms with Crippen molar-refractivity contribution in [2.24, 2.45) is 0 Å². The van der Waals surface area contributed by atoms with Crippen LogP contribution < -0.4 is 10.6 Å². The summed E-state index contributed by atoms with van der Waals surface area (Å²) in [5.74, 6) is 0.700. The molecule has 0 radical (unpaired) electrons. The molecule has 0 unspecified atom stereocenters. The summed E-state index contributed by atoms with van der Waals surface area (Å²) in [5.41, 5.74) is 0.770. The number of nitrogens with one attached hydrogen (secondary N) is 2. The lowest BCUT2D eigenvalue weighted by atomic mass is 9.93. The van der Waals surface area contributed by atoms with Crippen LogP contribution in [0.4, 0.5) is 10.8 Å². The fourth-order valence-electron chi connectivity index (χ4n) is 2.06. The summed E-state index contributed by atoms with van der Waals surface area (Å²) >= 11 is 0. The smallest absolute Gasteiger partial charge is 0.323 e. The van der Waals surface area contributed by atoms with Crippen LogP contribution in [-0.4, -0.2) is 28.3 Å². The summed E-state index contributed by atoms with van der Waals surface area (Å²) < 4.78 is 5.27. The van der Waals surface area contributed by atoms with E-state index in [0.717, 1.165) is 31.4 Å². The summed E-state index contributed by atoms with van der Waals surface area (Å²) in [6.45, 7) is 3.62. The van der Waals surface area contributed by atoms with Gasteiger partial charge in [0, 0.05) is 6.04 Å². The van der Waals surface area contributed by atoms with Crippen LogP contribution in [0.5, 0.6) is 0 Å². The number of aromatic nitrogens is 1. The van der Waals surface area contributed by atoms with Gasteiger partial charge in [0.15, 0.2) is 0 Å². The van der Waals surface area contributed by atoms with Crippen molar-refractivity contribution in [3.05, 3.63) is 11.5 Å². The van der Waals surface area contributed by atoms with Crippen molar-refractivity contribution in [3.8, 4) is 0 Å². The van der Waals surface area contributed by atoms with E-state index in [4.69, 9.17) is 4.42 Å². The number of anilines is 1. The fraction of sp³-hybridized carbons (Fsp3) is 0.667. The molecule has 100 valence electrons. The van der Waals surface area contributed by atoms with E-state index in [1.165, 1.54) is 0 Å². The zero-order valence-electron chi connectivity index (χ0n) is 10.7. The normalized spacial score (nSPS) is 23.7. The molecule has 0 saturated heterocycles. The van der Waals surface area contributed by atoms with Gasteiger partial charge >= 0.3 is 12.0 Å².